The van der Waals surface area contributed by atoms with Crippen molar-refractivity contribution in [2.75, 3.05) is 14.1 Å². The Labute approximate surface area is 212 Å². The second kappa shape index (κ2) is 7.37. The average Bonchev–Trinajstić information content (AvgIpc) is 3.39. The fourth-order valence-electron chi connectivity index (χ4n) is 9.26. The molecule has 2 spiro atoms. The molecule has 2 saturated carbocycles. The molecule has 2 aromatic rings. The van der Waals surface area contributed by atoms with Crippen molar-refractivity contribution in [3.05, 3.63) is 48.3 Å². The van der Waals surface area contributed by atoms with Crippen molar-refractivity contribution in [3.8, 4) is 0 Å². The number of rotatable bonds is 2. The van der Waals surface area contributed by atoms with Gasteiger partial charge in [-0.15, -0.1) is 0 Å². The summed E-state index contributed by atoms with van der Waals surface area (Å²) in [6.45, 7) is 2.32. The minimum absolute atomic E-state index is 0.0639. The van der Waals surface area contributed by atoms with Crippen LogP contribution >= 0.6 is 0 Å². The largest absolute Gasteiger partial charge is 0.390 e. The number of aliphatic hydroxyl groups excluding tert-OH is 2. The van der Waals surface area contributed by atoms with Crippen molar-refractivity contribution in [3.63, 3.8) is 0 Å². The number of hydrogen-bond acceptors (Lipinski definition) is 5. The quantitative estimate of drug-likeness (QED) is 0.646. The molecule has 5 nitrogen and oxygen atoms in total. The molecule has 36 heavy (non-hydrogen) atoms. The molecule has 4 fully saturated rings. The van der Waals surface area contributed by atoms with Crippen molar-refractivity contribution < 1.29 is 19.3 Å². The van der Waals surface area contributed by atoms with Gasteiger partial charge < -0.3 is 19.8 Å². The Morgan fingerprint density at radius 1 is 1.03 bits per heavy atom. The molecule has 3 aliphatic carbocycles. The molecule has 2 N–H and O–H groups in total. The highest BCUT2D eigenvalue weighted by Crippen LogP contribution is 2.72. The van der Waals surface area contributed by atoms with E-state index in [4.69, 9.17) is 4.74 Å². The summed E-state index contributed by atoms with van der Waals surface area (Å²) in [5, 5.41) is 24.4. The zero-order valence-electron chi connectivity index (χ0n) is 21.5. The van der Waals surface area contributed by atoms with Crippen molar-refractivity contribution in [2.45, 2.75) is 87.0 Å². The maximum Gasteiger partial charge on any atom is 0.140 e. The number of fused-ring (bicyclic) bond motifs is 2. The molecule has 5 aliphatic rings. The average molecular weight is 493 g/mol. The number of ether oxygens (including phenoxy) is 1. The minimum Gasteiger partial charge on any atom is -0.390 e. The number of allylic oxidation sites excluding steroid dienone is 2. The van der Waals surface area contributed by atoms with Gasteiger partial charge in [-0.2, -0.15) is 0 Å². The van der Waals surface area contributed by atoms with Gasteiger partial charge in [0.25, 0.3) is 0 Å². The first-order valence-corrected chi connectivity index (χ1v) is 13.6. The molecular formula is C30H37FN2O3. The number of nitrogens with zero attached hydrogens (tertiary/aromatic N) is 2. The summed E-state index contributed by atoms with van der Waals surface area (Å²) >= 11 is 0. The predicted molar refractivity (Wildman–Crippen MR) is 137 cm³/mol. The third-order valence-electron chi connectivity index (χ3n) is 11.2. The normalized spacial score (nSPS) is 47.4. The summed E-state index contributed by atoms with van der Waals surface area (Å²) in [6.07, 6.45) is 8.60. The third-order valence-corrected chi connectivity index (χ3v) is 11.2. The fourth-order valence-corrected chi connectivity index (χ4v) is 9.26. The van der Waals surface area contributed by atoms with Gasteiger partial charge in [-0.1, -0.05) is 25.1 Å². The zero-order valence-corrected chi connectivity index (χ0v) is 21.5. The molecule has 9 atom stereocenters. The highest BCUT2D eigenvalue weighted by molar-refractivity contribution is 5.87. The Bertz CT molecular complexity index is 1270. The molecule has 1 aromatic heterocycles. The number of alkyl halides is 1. The van der Waals surface area contributed by atoms with E-state index in [1.165, 1.54) is 16.5 Å². The Morgan fingerprint density at radius 2 is 1.86 bits per heavy atom. The number of aliphatic hydroxyl groups is 2. The summed E-state index contributed by atoms with van der Waals surface area (Å²) in [5.41, 5.74) is -0.519. The van der Waals surface area contributed by atoms with E-state index in [1.54, 1.807) is 0 Å². The summed E-state index contributed by atoms with van der Waals surface area (Å²) in [4.78, 5) is 6.23. The summed E-state index contributed by atoms with van der Waals surface area (Å²) in [6, 6.07) is 8.43. The number of hydrogen-bond donors (Lipinski definition) is 2. The van der Waals surface area contributed by atoms with Crippen LogP contribution in [0.15, 0.2) is 42.7 Å². The van der Waals surface area contributed by atoms with E-state index in [0.717, 1.165) is 24.6 Å². The lowest BCUT2D eigenvalue weighted by molar-refractivity contribution is -0.314. The fraction of sp³-hybridized carbons (Fsp3) is 0.633. The summed E-state index contributed by atoms with van der Waals surface area (Å²) < 4.78 is 24.3. The van der Waals surface area contributed by atoms with Crippen LogP contribution in [0.2, 0.25) is 0 Å². The zero-order chi connectivity index (χ0) is 25.1. The predicted octanol–water partition coefficient (Wildman–Crippen LogP) is 4.51. The highest BCUT2D eigenvalue weighted by Gasteiger charge is 2.77. The lowest BCUT2D eigenvalue weighted by atomic mass is 9.51. The van der Waals surface area contributed by atoms with Gasteiger partial charge in [-0.25, -0.2) is 4.39 Å². The maximum absolute atomic E-state index is 17.2. The standard InChI is InChI=1S/C30H37FN2O3/c1-27-9-11-29(31)15-22-25(34)26(35)23(33(2)3)16-28(22)10-12-30(29,36-28)24(27)7-6-21(27)19-4-5-20-17-32-13-8-18(20)14-19/h4-6,8,13-14,17,22-26,34-35H,7,9-12,15-16H2,1-3H3/t22?,23-,24?,25+,26+,27+,28+,29?,30-/m0/s1. The van der Waals surface area contributed by atoms with E-state index >= 15 is 4.39 Å². The summed E-state index contributed by atoms with van der Waals surface area (Å²) in [7, 11) is 3.88. The summed E-state index contributed by atoms with van der Waals surface area (Å²) in [5.74, 6) is -0.300. The Morgan fingerprint density at radius 3 is 2.67 bits per heavy atom. The van der Waals surface area contributed by atoms with Crippen molar-refractivity contribution in [2.24, 2.45) is 17.3 Å². The van der Waals surface area contributed by atoms with Gasteiger partial charge in [0.15, 0.2) is 0 Å². The Balaban J connectivity index is 1.27. The molecular weight excluding hydrogens is 455 g/mol. The second-order valence-electron chi connectivity index (χ2n) is 12.8. The van der Waals surface area contributed by atoms with Gasteiger partial charge in [0.05, 0.1) is 17.8 Å². The molecule has 2 bridgehead atoms. The van der Waals surface area contributed by atoms with E-state index in [1.807, 2.05) is 31.4 Å². The van der Waals surface area contributed by atoms with Crippen molar-refractivity contribution in [1.29, 1.82) is 0 Å². The van der Waals surface area contributed by atoms with Crippen molar-refractivity contribution >= 4 is 16.3 Å². The number of benzene rings is 1. The molecule has 3 unspecified atom stereocenters. The first-order valence-electron chi connectivity index (χ1n) is 13.6. The van der Waals surface area contributed by atoms with Crippen LogP contribution in [-0.2, 0) is 4.74 Å². The van der Waals surface area contributed by atoms with Gasteiger partial charge in [0.2, 0.25) is 0 Å². The highest BCUT2D eigenvalue weighted by atomic mass is 19.1. The molecule has 2 aliphatic heterocycles. The molecule has 2 saturated heterocycles. The van der Waals surface area contributed by atoms with E-state index in [9.17, 15) is 10.2 Å². The van der Waals surface area contributed by atoms with E-state index in [-0.39, 0.29) is 29.7 Å². The number of aromatic nitrogens is 1. The minimum atomic E-state index is -1.48. The lowest BCUT2D eigenvalue weighted by Gasteiger charge is -2.64. The van der Waals surface area contributed by atoms with Gasteiger partial charge in [-0.05, 0) is 93.1 Å². The van der Waals surface area contributed by atoms with Crippen LogP contribution in [0.5, 0.6) is 0 Å². The molecule has 192 valence electrons. The Kier molecular flexibility index (Phi) is 4.77. The number of pyridine rings is 1. The van der Waals surface area contributed by atoms with Crippen LogP contribution in [0.3, 0.4) is 0 Å². The Hall–Kier alpha value is -1.86. The van der Waals surface area contributed by atoms with Crippen LogP contribution in [-0.4, -0.2) is 69.3 Å². The van der Waals surface area contributed by atoms with Crippen LogP contribution < -0.4 is 0 Å². The second-order valence-corrected chi connectivity index (χ2v) is 12.8. The van der Waals surface area contributed by atoms with Gasteiger partial charge in [-0.3, -0.25) is 4.98 Å². The molecule has 6 heteroatoms. The smallest absolute Gasteiger partial charge is 0.140 e. The first-order chi connectivity index (χ1) is 17.1. The van der Waals surface area contributed by atoms with Crippen molar-refractivity contribution in [1.82, 2.24) is 9.88 Å². The number of likely N-dealkylation sites (N-methyl/N-ethyl adjacent to an activating group) is 1. The van der Waals surface area contributed by atoms with Crippen LogP contribution in [0.4, 0.5) is 4.39 Å². The maximum atomic E-state index is 17.2. The molecule has 1 aromatic carbocycles. The van der Waals surface area contributed by atoms with Gasteiger partial charge in [0, 0.05) is 35.7 Å². The van der Waals surface area contributed by atoms with E-state index < -0.39 is 29.1 Å². The molecule has 7 rings (SSSR count). The monoisotopic (exact) mass is 492 g/mol. The molecule has 0 radical (unpaired) electrons. The van der Waals surface area contributed by atoms with Gasteiger partial charge >= 0.3 is 0 Å². The molecule has 0 amide bonds. The van der Waals surface area contributed by atoms with Crippen LogP contribution in [0, 0.1) is 17.3 Å². The van der Waals surface area contributed by atoms with Crippen LogP contribution in [0.1, 0.15) is 57.4 Å². The van der Waals surface area contributed by atoms with E-state index in [2.05, 4.69) is 42.2 Å². The number of halogens is 1. The van der Waals surface area contributed by atoms with E-state index in [0.29, 0.717) is 19.3 Å². The first kappa shape index (κ1) is 23.3. The lowest BCUT2D eigenvalue weighted by Crippen LogP contribution is -2.72. The van der Waals surface area contributed by atoms with Gasteiger partial charge in [0.1, 0.15) is 11.3 Å². The molecule has 3 heterocycles. The third kappa shape index (κ3) is 2.77. The van der Waals surface area contributed by atoms with Crippen LogP contribution in [0.25, 0.3) is 16.3 Å². The SMILES string of the molecule is CN(C)[C@H]1C[C@@]23CC[C@]4(O2)C2CC=C(c5ccc6cnccc6c5)[C@@]2(C)CCC4(F)CC3[C@@H](O)[C@@H]1O. The topological polar surface area (TPSA) is 65.8 Å².